The van der Waals surface area contributed by atoms with Gasteiger partial charge in [-0.05, 0) is 43.3 Å². The van der Waals surface area contributed by atoms with Crippen molar-refractivity contribution in [1.82, 2.24) is 19.9 Å². The van der Waals surface area contributed by atoms with Gasteiger partial charge in [0.05, 0.1) is 11.4 Å². The second-order valence-electron chi connectivity index (χ2n) is 6.50. The zero-order valence-corrected chi connectivity index (χ0v) is 16.5. The molecule has 0 spiro atoms. The van der Waals surface area contributed by atoms with E-state index in [1.54, 1.807) is 23.5 Å². The Balaban J connectivity index is 1.33. The van der Waals surface area contributed by atoms with Crippen molar-refractivity contribution in [2.45, 2.75) is 13.5 Å². The van der Waals surface area contributed by atoms with Gasteiger partial charge in [-0.15, -0.1) is 11.3 Å². The van der Waals surface area contributed by atoms with Crippen LogP contribution in [0.2, 0.25) is 5.02 Å². The summed E-state index contributed by atoms with van der Waals surface area (Å²) in [5.41, 5.74) is 0.871. The Morgan fingerprint density at radius 1 is 1.15 bits per heavy atom. The van der Waals surface area contributed by atoms with Gasteiger partial charge in [-0.2, -0.15) is 4.98 Å². The molecule has 0 atom stereocenters. The Hall–Kier alpha value is -2.22. The van der Waals surface area contributed by atoms with Crippen molar-refractivity contribution in [3.05, 3.63) is 57.1 Å². The molecule has 6 nitrogen and oxygen atoms in total. The van der Waals surface area contributed by atoms with Crippen LogP contribution in [0.1, 0.15) is 20.4 Å². The van der Waals surface area contributed by atoms with Crippen molar-refractivity contribution in [3.8, 4) is 11.4 Å². The average molecular weight is 403 g/mol. The molecule has 0 unspecified atom stereocenters. The number of benzene rings is 1. The predicted octanol–water partition coefficient (Wildman–Crippen LogP) is 3.72. The van der Waals surface area contributed by atoms with Gasteiger partial charge >= 0.3 is 0 Å². The zero-order chi connectivity index (χ0) is 18.8. The SMILES string of the molecule is Cc1ccc(C(=O)N2CCN(Cc3nc(-c4ccc(Cl)cc4)no3)CC2)s1. The Bertz CT molecular complexity index is 929. The van der Waals surface area contributed by atoms with E-state index in [9.17, 15) is 4.79 Å². The van der Waals surface area contributed by atoms with Gasteiger partial charge in [-0.3, -0.25) is 9.69 Å². The lowest BCUT2D eigenvalue weighted by molar-refractivity contribution is 0.0620. The van der Waals surface area contributed by atoms with Gasteiger partial charge in [0.15, 0.2) is 0 Å². The average Bonchev–Trinajstić information content (AvgIpc) is 3.32. The van der Waals surface area contributed by atoms with Crippen molar-refractivity contribution in [2.75, 3.05) is 26.2 Å². The monoisotopic (exact) mass is 402 g/mol. The Morgan fingerprint density at radius 2 is 1.89 bits per heavy atom. The van der Waals surface area contributed by atoms with Crippen LogP contribution in [-0.4, -0.2) is 52.0 Å². The number of piperazine rings is 1. The van der Waals surface area contributed by atoms with Crippen molar-refractivity contribution in [3.63, 3.8) is 0 Å². The first-order valence-corrected chi connectivity index (χ1v) is 9.94. The summed E-state index contributed by atoms with van der Waals surface area (Å²) in [6, 6.07) is 11.2. The van der Waals surface area contributed by atoms with Gasteiger partial charge in [-0.25, -0.2) is 0 Å². The van der Waals surface area contributed by atoms with Gasteiger partial charge in [0, 0.05) is 41.6 Å². The minimum Gasteiger partial charge on any atom is -0.338 e. The van der Waals surface area contributed by atoms with Crippen molar-refractivity contribution < 1.29 is 9.32 Å². The molecule has 0 aliphatic carbocycles. The second-order valence-corrected chi connectivity index (χ2v) is 8.22. The highest BCUT2D eigenvalue weighted by Gasteiger charge is 2.24. The van der Waals surface area contributed by atoms with Crippen LogP contribution in [0.15, 0.2) is 40.9 Å². The molecule has 1 amide bonds. The van der Waals surface area contributed by atoms with E-state index in [2.05, 4.69) is 15.0 Å². The van der Waals surface area contributed by atoms with Gasteiger partial charge < -0.3 is 9.42 Å². The van der Waals surface area contributed by atoms with E-state index in [1.807, 2.05) is 36.1 Å². The molecule has 0 saturated carbocycles. The number of carbonyl (C=O) groups is 1. The van der Waals surface area contributed by atoms with Crippen LogP contribution in [0, 0.1) is 6.92 Å². The van der Waals surface area contributed by atoms with Crippen molar-refractivity contribution >= 4 is 28.8 Å². The lowest BCUT2D eigenvalue weighted by Gasteiger charge is -2.33. The number of halogens is 1. The molecule has 0 radical (unpaired) electrons. The van der Waals surface area contributed by atoms with Crippen molar-refractivity contribution in [2.24, 2.45) is 0 Å². The third kappa shape index (κ3) is 4.21. The molecule has 27 heavy (non-hydrogen) atoms. The van der Waals surface area contributed by atoms with E-state index in [-0.39, 0.29) is 5.91 Å². The standard InChI is InChI=1S/C19H19ClN4O2S/c1-13-2-7-16(27-13)19(25)24-10-8-23(9-11-24)12-17-21-18(22-26-17)14-3-5-15(20)6-4-14/h2-7H,8-12H2,1H3. The fourth-order valence-electron chi connectivity index (χ4n) is 3.04. The maximum atomic E-state index is 12.5. The Labute approximate surface area is 166 Å². The molecular formula is C19H19ClN4O2S. The van der Waals surface area contributed by atoms with E-state index in [0.717, 1.165) is 28.4 Å². The summed E-state index contributed by atoms with van der Waals surface area (Å²) >= 11 is 7.46. The molecular weight excluding hydrogens is 384 g/mol. The normalized spacial score (nSPS) is 15.3. The van der Waals surface area contributed by atoms with E-state index < -0.39 is 0 Å². The topological polar surface area (TPSA) is 62.5 Å². The molecule has 3 heterocycles. The van der Waals surface area contributed by atoms with E-state index in [1.165, 1.54) is 0 Å². The van der Waals surface area contributed by atoms with Crippen LogP contribution in [0.5, 0.6) is 0 Å². The number of nitrogens with zero attached hydrogens (tertiary/aromatic N) is 4. The van der Waals surface area contributed by atoms with Crippen LogP contribution >= 0.6 is 22.9 Å². The van der Waals surface area contributed by atoms with E-state index >= 15 is 0 Å². The molecule has 1 aromatic carbocycles. The number of hydrogen-bond donors (Lipinski definition) is 0. The summed E-state index contributed by atoms with van der Waals surface area (Å²) in [7, 11) is 0. The molecule has 1 aliphatic rings. The summed E-state index contributed by atoms with van der Waals surface area (Å²) in [5, 5.41) is 4.72. The summed E-state index contributed by atoms with van der Waals surface area (Å²) in [4.78, 5) is 23.1. The maximum Gasteiger partial charge on any atom is 0.264 e. The van der Waals surface area contributed by atoms with Crippen LogP contribution < -0.4 is 0 Å². The molecule has 1 saturated heterocycles. The number of thiophene rings is 1. The van der Waals surface area contributed by atoms with Crippen LogP contribution in [0.4, 0.5) is 0 Å². The van der Waals surface area contributed by atoms with Gasteiger partial charge in [0.1, 0.15) is 0 Å². The molecule has 140 valence electrons. The summed E-state index contributed by atoms with van der Waals surface area (Å²) < 4.78 is 5.38. The number of aromatic nitrogens is 2. The molecule has 8 heteroatoms. The first-order valence-electron chi connectivity index (χ1n) is 8.75. The smallest absolute Gasteiger partial charge is 0.264 e. The lowest BCUT2D eigenvalue weighted by Crippen LogP contribution is -2.48. The quantitative estimate of drug-likeness (QED) is 0.665. The molecule has 3 aromatic rings. The molecule has 1 aliphatic heterocycles. The summed E-state index contributed by atoms with van der Waals surface area (Å²) in [6.45, 7) is 5.58. The van der Waals surface area contributed by atoms with Crippen molar-refractivity contribution in [1.29, 1.82) is 0 Å². The third-order valence-electron chi connectivity index (χ3n) is 4.54. The van der Waals surface area contributed by atoms with Crippen LogP contribution in [0.25, 0.3) is 11.4 Å². The molecule has 0 N–H and O–H groups in total. The fourth-order valence-corrected chi connectivity index (χ4v) is 4.00. The zero-order valence-electron chi connectivity index (χ0n) is 14.9. The highest BCUT2D eigenvalue weighted by molar-refractivity contribution is 7.13. The third-order valence-corrected chi connectivity index (χ3v) is 5.78. The largest absolute Gasteiger partial charge is 0.338 e. The first kappa shape index (κ1) is 18.2. The molecule has 0 bridgehead atoms. The van der Waals surface area contributed by atoms with E-state index in [0.29, 0.717) is 36.4 Å². The van der Waals surface area contributed by atoms with Gasteiger partial charge in [0.2, 0.25) is 11.7 Å². The lowest BCUT2D eigenvalue weighted by atomic mass is 10.2. The number of amides is 1. The number of carbonyl (C=O) groups excluding carboxylic acids is 1. The first-order chi connectivity index (χ1) is 13.1. The molecule has 2 aromatic heterocycles. The number of rotatable bonds is 4. The fraction of sp³-hybridized carbons (Fsp3) is 0.316. The highest BCUT2D eigenvalue weighted by Crippen LogP contribution is 2.20. The minimum atomic E-state index is 0.121. The predicted molar refractivity (Wildman–Crippen MR) is 105 cm³/mol. The maximum absolute atomic E-state index is 12.5. The molecule has 1 fully saturated rings. The van der Waals surface area contributed by atoms with Gasteiger partial charge in [-0.1, -0.05) is 16.8 Å². The minimum absolute atomic E-state index is 0.121. The summed E-state index contributed by atoms with van der Waals surface area (Å²) in [6.07, 6.45) is 0. The molecule has 4 rings (SSSR count). The second kappa shape index (κ2) is 7.80. The number of aryl methyl sites for hydroxylation is 1. The summed E-state index contributed by atoms with van der Waals surface area (Å²) in [5.74, 6) is 1.26. The van der Waals surface area contributed by atoms with Crippen LogP contribution in [0.3, 0.4) is 0 Å². The van der Waals surface area contributed by atoms with E-state index in [4.69, 9.17) is 16.1 Å². The Kier molecular flexibility index (Phi) is 5.24. The van der Waals surface area contributed by atoms with Gasteiger partial charge in [0.25, 0.3) is 5.91 Å². The number of hydrogen-bond acceptors (Lipinski definition) is 6. The van der Waals surface area contributed by atoms with Crippen LogP contribution in [-0.2, 0) is 6.54 Å². The Morgan fingerprint density at radius 3 is 2.56 bits per heavy atom. The highest BCUT2D eigenvalue weighted by atomic mass is 35.5.